The summed E-state index contributed by atoms with van der Waals surface area (Å²) in [5.74, 6) is 0.249. The summed E-state index contributed by atoms with van der Waals surface area (Å²) in [4.78, 5) is 24.3. The molecule has 2 saturated carbocycles. The third-order valence-corrected chi connectivity index (χ3v) is 7.16. The quantitative estimate of drug-likeness (QED) is 0.572. The van der Waals surface area contributed by atoms with Crippen molar-refractivity contribution in [2.75, 3.05) is 18.5 Å². The van der Waals surface area contributed by atoms with E-state index >= 15 is 0 Å². The van der Waals surface area contributed by atoms with Gasteiger partial charge in [0.05, 0.1) is 24.9 Å². The van der Waals surface area contributed by atoms with Crippen molar-refractivity contribution in [2.24, 2.45) is 11.8 Å². The van der Waals surface area contributed by atoms with Gasteiger partial charge in [0.1, 0.15) is 0 Å². The third kappa shape index (κ3) is 3.73. The van der Waals surface area contributed by atoms with Gasteiger partial charge in [0.2, 0.25) is 0 Å². The van der Waals surface area contributed by atoms with Gasteiger partial charge < -0.3 is 25.8 Å². The molecule has 1 aromatic carbocycles. The Morgan fingerprint density at radius 3 is 2.86 bits per heavy atom. The Balaban J connectivity index is 1.12. The fourth-order valence-corrected chi connectivity index (χ4v) is 5.58. The van der Waals surface area contributed by atoms with E-state index in [1.807, 2.05) is 12.1 Å². The zero-order chi connectivity index (χ0) is 20.0. The molecule has 7 heteroatoms. The summed E-state index contributed by atoms with van der Waals surface area (Å²) >= 11 is 0. The van der Waals surface area contributed by atoms with Gasteiger partial charge >= 0.3 is 11.8 Å². The van der Waals surface area contributed by atoms with Crippen LogP contribution in [0, 0.1) is 11.8 Å². The van der Waals surface area contributed by atoms with E-state index in [1.54, 1.807) is 0 Å². The molecular formula is C22H29N3O4. The lowest BCUT2D eigenvalue weighted by Crippen LogP contribution is -2.46. The maximum absolute atomic E-state index is 12.2. The summed E-state index contributed by atoms with van der Waals surface area (Å²) in [6.45, 7) is 0.766. The van der Waals surface area contributed by atoms with Gasteiger partial charge in [-0.2, -0.15) is 0 Å². The van der Waals surface area contributed by atoms with Crippen LogP contribution in [-0.4, -0.2) is 48.3 Å². The van der Waals surface area contributed by atoms with Gasteiger partial charge in [-0.25, -0.2) is 0 Å². The molecule has 5 rings (SSSR count). The first-order chi connectivity index (χ1) is 14.1. The molecule has 7 nitrogen and oxygen atoms in total. The first-order valence-electron chi connectivity index (χ1n) is 10.8. The zero-order valence-electron chi connectivity index (χ0n) is 16.5. The fraction of sp³-hybridized carbons (Fsp3) is 0.636. The molecular weight excluding hydrogens is 370 g/mol. The highest BCUT2D eigenvalue weighted by Gasteiger charge is 2.40. The summed E-state index contributed by atoms with van der Waals surface area (Å²) in [6, 6.07) is 6.34. The van der Waals surface area contributed by atoms with Crippen LogP contribution < -0.4 is 16.0 Å². The molecule has 0 radical (unpaired) electrons. The van der Waals surface area contributed by atoms with Gasteiger partial charge in [0, 0.05) is 30.3 Å². The average molecular weight is 399 g/mol. The standard InChI is InChI=1S/C22H29N3O4/c26-19-11-29-20-10-18(19)24-16-4-2-12(8-15(16)20)5-6-23-21(27)22(28)25-17-9-13-1-3-14(17)7-13/h2,4,8,13-14,17-20,24,26H,1,3,5-7,9-11H2,(H,23,27)(H,25,28)/t13-,14+,17+,18?,19+,20?/m0/s1. The lowest BCUT2D eigenvalue weighted by atomic mass is 9.89. The highest BCUT2D eigenvalue weighted by atomic mass is 16.5. The van der Waals surface area contributed by atoms with E-state index in [-0.39, 0.29) is 18.2 Å². The van der Waals surface area contributed by atoms with E-state index in [2.05, 4.69) is 22.0 Å². The van der Waals surface area contributed by atoms with Crippen molar-refractivity contribution in [1.82, 2.24) is 10.6 Å². The van der Waals surface area contributed by atoms with Crippen molar-refractivity contribution in [3.8, 4) is 0 Å². The minimum atomic E-state index is -0.542. The van der Waals surface area contributed by atoms with Crippen molar-refractivity contribution >= 4 is 17.5 Å². The molecule has 4 aliphatic rings. The van der Waals surface area contributed by atoms with Crippen LogP contribution in [0.3, 0.4) is 0 Å². The Kier molecular flexibility index (Phi) is 4.95. The van der Waals surface area contributed by atoms with Gasteiger partial charge in [0.25, 0.3) is 0 Å². The molecule has 0 spiro atoms. The number of anilines is 1. The first kappa shape index (κ1) is 18.9. The maximum atomic E-state index is 12.2. The number of carbonyl (C=O) groups excluding carboxylic acids is 2. The van der Waals surface area contributed by atoms with E-state index in [1.165, 1.54) is 19.3 Å². The monoisotopic (exact) mass is 399 g/mol. The molecule has 0 aromatic heterocycles. The van der Waals surface area contributed by atoms with Crippen molar-refractivity contribution in [3.63, 3.8) is 0 Å². The lowest BCUT2D eigenvalue weighted by Gasteiger charge is -2.40. The van der Waals surface area contributed by atoms with Crippen LogP contribution in [0.4, 0.5) is 5.69 Å². The van der Waals surface area contributed by atoms with Crippen molar-refractivity contribution < 1.29 is 19.4 Å². The van der Waals surface area contributed by atoms with Crippen LogP contribution in [0.25, 0.3) is 0 Å². The fourth-order valence-electron chi connectivity index (χ4n) is 5.58. The summed E-state index contributed by atoms with van der Waals surface area (Å²) in [7, 11) is 0. The largest absolute Gasteiger partial charge is 0.389 e. The number of carbonyl (C=O) groups is 2. The zero-order valence-corrected chi connectivity index (χ0v) is 16.5. The number of aliphatic hydroxyl groups excluding tert-OH is 1. The van der Waals surface area contributed by atoms with E-state index < -0.39 is 17.9 Å². The summed E-state index contributed by atoms with van der Waals surface area (Å²) in [5.41, 5.74) is 3.20. The van der Waals surface area contributed by atoms with Crippen LogP contribution >= 0.6 is 0 Å². The lowest BCUT2D eigenvalue weighted by molar-refractivity contribution is -0.139. The minimum absolute atomic E-state index is 0.00159. The second kappa shape index (κ2) is 7.61. The molecule has 4 N–H and O–H groups in total. The predicted molar refractivity (Wildman–Crippen MR) is 107 cm³/mol. The average Bonchev–Trinajstić information content (AvgIpc) is 3.34. The van der Waals surface area contributed by atoms with Crippen LogP contribution in [0.5, 0.6) is 0 Å². The molecule has 4 bridgehead atoms. The molecule has 2 heterocycles. The van der Waals surface area contributed by atoms with Crippen molar-refractivity contribution in [1.29, 1.82) is 0 Å². The Bertz CT molecular complexity index is 813. The van der Waals surface area contributed by atoms with Crippen LogP contribution in [-0.2, 0) is 20.7 Å². The van der Waals surface area contributed by atoms with Gasteiger partial charge in [-0.3, -0.25) is 9.59 Å². The van der Waals surface area contributed by atoms with Gasteiger partial charge in [0.15, 0.2) is 0 Å². The molecule has 6 atom stereocenters. The van der Waals surface area contributed by atoms with Crippen molar-refractivity contribution in [2.45, 2.75) is 62.8 Å². The number of amides is 2. The number of ether oxygens (including phenoxy) is 1. The SMILES string of the molecule is O=C(NCCc1ccc2c(c1)C1CC(N2)[C@H](O)CO1)C(=O)N[C@@H]1C[C@H]2CC[C@@H]1C2. The number of hydrogen-bond donors (Lipinski definition) is 4. The number of hydrogen-bond acceptors (Lipinski definition) is 5. The molecule has 29 heavy (non-hydrogen) atoms. The molecule has 2 amide bonds. The van der Waals surface area contributed by atoms with Gasteiger partial charge in [-0.15, -0.1) is 0 Å². The highest BCUT2D eigenvalue weighted by Crippen LogP contribution is 2.44. The molecule has 2 unspecified atom stereocenters. The first-order valence-corrected chi connectivity index (χ1v) is 10.8. The number of rotatable bonds is 4. The molecule has 2 aliphatic heterocycles. The van der Waals surface area contributed by atoms with Gasteiger partial charge in [-0.1, -0.05) is 18.6 Å². The summed E-state index contributed by atoms with van der Waals surface area (Å²) in [6.07, 6.45) is 5.61. The number of nitrogens with one attached hydrogen (secondary N) is 3. The normalized spacial score (nSPS) is 34.2. The summed E-state index contributed by atoms with van der Waals surface area (Å²) < 4.78 is 5.79. The second-order valence-corrected chi connectivity index (χ2v) is 9.06. The Morgan fingerprint density at radius 2 is 2.07 bits per heavy atom. The number of aliphatic hydroxyl groups is 1. The van der Waals surface area contributed by atoms with E-state index in [4.69, 9.17) is 4.74 Å². The minimum Gasteiger partial charge on any atom is -0.389 e. The Morgan fingerprint density at radius 1 is 1.17 bits per heavy atom. The van der Waals surface area contributed by atoms with Gasteiger partial charge in [-0.05, 0) is 49.1 Å². The highest BCUT2D eigenvalue weighted by molar-refractivity contribution is 6.35. The topological polar surface area (TPSA) is 99.7 Å². The molecule has 156 valence electrons. The maximum Gasteiger partial charge on any atom is 0.309 e. The smallest absolute Gasteiger partial charge is 0.309 e. The predicted octanol–water partition coefficient (Wildman–Crippen LogP) is 1.27. The third-order valence-electron chi connectivity index (χ3n) is 7.16. The van der Waals surface area contributed by atoms with Crippen molar-refractivity contribution in [3.05, 3.63) is 29.3 Å². The molecule has 1 aromatic rings. The van der Waals surface area contributed by atoms with Crippen LogP contribution in [0.1, 0.15) is 49.3 Å². The van der Waals surface area contributed by atoms with E-state index in [0.717, 1.165) is 35.6 Å². The van der Waals surface area contributed by atoms with Crippen LogP contribution in [0.15, 0.2) is 18.2 Å². The molecule has 2 aliphatic carbocycles. The van der Waals surface area contributed by atoms with E-state index in [9.17, 15) is 14.7 Å². The second-order valence-electron chi connectivity index (χ2n) is 9.06. The molecule has 3 fully saturated rings. The summed E-state index contributed by atoms with van der Waals surface area (Å²) in [5, 5.41) is 19.0. The Hall–Kier alpha value is -2.12. The Labute approximate surface area is 170 Å². The number of benzene rings is 1. The van der Waals surface area contributed by atoms with Crippen LogP contribution in [0.2, 0.25) is 0 Å². The molecule has 1 saturated heterocycles. The number of fused-ring (bicyclic) bond motifs is 6. The van der Waals surface area contributed by atoms with E-state index in [0.29, 0.717) is 25.5 Å².